The SMILES string of the molecule is COc1cccc2c1CCN(S(=O)(=O)c1ccccc1)CC2. The summed E-state index contributed by atoms with van der Waals surface area (Å²) in [5.41, 5.74) is 2.29. The number of hydrogen-bond donors (Lipinski definition) is 0. The Morgan fingerprint density at radius 2 is 1.68 bits per heavy atom. The highest BCUT2D eigenvalue weighted by atomic mass is 32.2. The topological polar surface area (TPSA) is 46.6 Å². The van der Waals surface area contributed by atoms with E-state index in [-0.39, 0.29) is 0 Å². The van der Waals surface area contributed by atoms with E-state index in [1.54, 1.807) is 35.7 Å². The minimum absolute atomic E-state index is 0.355. The van der Waals surface area contributed by atoms with E-state index in [0.29, 0.717) is 30.8 Å². The third kappa shape index (κ3) is 2.74. The first kappa shape index (κ1) is 15.1. The molecule has 0 bridgehead atoms. The van der Waals surface area contributed by atoms with E-state index >= 15 is 0 Å². The van der Waals surface area contributed by atoms with Crippen molar-refractivity contribution in [1.29, 1.82) is 0 Å². The van der Waals surface area contributed by atoms with Gasteiger partial charge in [0.05, 0.1) is 12.0 Å². The molecule has 3 rings (SSSR count). The fourth-order valence-corrected chi connectivity index (χ4v) is 4.36. The summed E-state index contributed by atoms with van der Waals surface area (Å²) in [5, 5.41) is 0. The Balaban J connectivity index is 1.89. The van der Waals surface area contributed by atoms with Crippen molar-refractivity contribution in [3.63, 3.8) is 0 Å². The number of nitrogens with zero attached hydrogens (tertiary/aromatic N) is 1. The Morgan fingerprint density at radius 1 is 0.955 bits per heavy atom. The van der Waals surface area contributed by atoms with Gasteiger partial charge in [-0.1, -0.05) is 30.3 Å². The lowest BCUT2D eigenvalue weighted by Crippen LogP contribution is -2.33. The van der Waals surface area contributed by atoms with Crippen LogP contribution in [0.15, 0.2) is 53.4 Å². The maximum atomic E-state index is 12.7. The molecule has 22 heavy (non-hydrogen) atoms. The molecular weight excluding hydrogens is 298 g/mol. The summed E-state index contributed by atoms with van der Waals surface area (Å²) in [6.45, 7) is 0.974. The number of rotatable bonds is 3. The van der Waals surface area contributed by atoms with E-state index in [1.807, 2.05) is 18.2 Å². The summed E-state index contributed by atoms with van der Waals surface area (Å²) in [7, 11) is -1.78. The van der Waals surface area contributed by atoms with Gasteiger partial charge in [0.2, 0.25) is 10.0 Å². The summed E-state index contributed by atoms with van der Waals surface area (Å²) >= 11 is 0. The van der Waals surface area contributed by atoms with Crippen LogP contribution in [0.1, 0.15) is 11.1 Å². The molecule has 0 spiro atoms. The molecule has 1 heterocycles. The molecule has 1 aliphatic heterocycles. The highest BCUT2D eigenvalue weighted by molar-refractivity contribution is 7.89. The molecule has 116 valence electrons. The lowest BCUT2D eigenvalue weighted by Gasteiger charge is -2.19. The van der Waals surface area contributed by atoms with Crippen LogP contribution < -0.4 is 4.74 Å². The van der Waals surface area contributed by atoms with E-state index in [9.17, 15) is 8.42 Å². The van der Waals surface area contributed by atoms with Gasteiger partial charge in [0.1, 0.15) is 5.75 Å². The van der Waals surface area contributed by atoms with Gasteiger partial charge >= 0.3 is 0 Å². The number of methoxy groups -OCH3 is 1. The average molecular weight is 317 g/mol. The zero-order chi connectivity index (χ0) is 15.6. The minimum atomic E-state index is -3.43. The molecule has 0 unspecified atom stereocenters. The van der Waals surface area contributed by atoms with Crippen molar-refractivity contribution in [3.05, 3.63) is 59.7 Å². The van der Waals surface area contributed by atoms with Gasteiger partial charge in [-0.3, -0.25) is 0 Å². The Bertz CT molecular complexity index is 757. The molecule has 5 heteroatoms. The maximum absolute atomic E-state index is 12.7. The van der Waals surface area contributed by atoms with Crippen LogP contribution in [0, 0.1) is 0 Å². The van der Waals surface area contributed by atoms with Gasteiger partial charge in [0, 0.05) is 13.1 Å². The van der Waals surface area contributed by atoms with E-state index < -0.39 is 10.0 Å². The molecule has 4 nitrogen and oxygen atoms in total. The molecule has 2 aromatic carbocycles. The molecule has 0 radical (unpaired) electrons. The normalized spacial score (nSPS) is 15.9. The standard InChI is InChI=1S/C17H19NO3S/c1-21-17-9-5-6-14-10-12-18(13-11-16(14)17)22(19,20)15-7-3-2-4-8-15/h2-9H,10-13H2,1H3. The third-order valence-corrected chi connectivity index (χ3v) is 5.99. The minimum Gasteiger partial charge on any atom is -0.496 e. The van der Waals surface area contributed by atoms with Gasteiger partial charge in [-0.2, -0.15) is 4.31 Å². The fourth-order valence-electron chi connectivity index (χ4n) is 2.90. The Hall–Kier alpha value is -1.85. The Kier molecular flexibility index (Phi) is 4.18. The second-order valence-electron chi connectivity index (χ2n) is 5.32. The molecule has 0 saturated carbocycles. The van der Waals surface area contributed by atoms with Crippen LogP contribution in [0.2, 0.25) is 0 Å². The Morgan fingerprint density at radius 3 is 2.41 bits per heavy atom. The summed E-state index contributed by atoms with van der Waals surface area (Å²) in [5.74, 6) is 0.844. The zero-order valence-electron chi connectivity index (χ0n) is 12.5. The van der Waals surface area contributed by atoms with E-state index in [2.05, 4.69) is 6.07 Å². The lowest BCUT2D eigenvalue weighted by molar-refractivity contribution is 0.404. The molecule has 1 aliphatic rings. The summed E-state index contributed by atoms with van der Waals surface area (Å²) < 4.78 is 32.5. The van der Waals surface area contributed by atoms with E-state index in [0.717, 1.165) is 11.3 Å². The van der Waals surface area contributed by atoms with Crippen LogP contribution >= 0.6 is 0 Å². The van der Waals surface area contributed by atoms with Crippen molar-refractivity contribution < 1.29 is 13.2 Å². The first-order chi connectivity index (χ1) is 10.6. The van der Waals surface area contributed by atoms with Gasteiger partial charge in [-0.15, -0.1) is 0 Å². The van der Waals surface area contributed by atoms with Crippen molar-refractivity contribution in [2.24, 2.45) is 0 Å². The van der Waals surface area contributed by atoms with Crippen molar-refractivity contribution in [1.82, 2.24) is 4.31 Å². The molecule has 2 aromatic rings. The number of benzene rings is 2. The van der Waals surface area contributed by atoms with Crippen molar-refractivity contribution >= 4 is 10.0 Å². The van der Waals surface area contributed by atoms with Gasteiger partial charge in [-0.05, 0) is 42.2 Å². The second kappa shape index (κ2) is 6.10. The highest BCUT2D eigenvalue weighted by Crippen LogP contribution is 2.27. The highest BCUT2D eigenvalue weighted by Gasteiger charge is 2.27. The molecule has 0 aromatic heterocycles. The second-order valence-corrected chi connectivity index (χ2v) is 7.25. The summed E-state index contributed by atoms with van der Waals surface area (Å²) in [6, 6.07) is 14.6. The number of fused-ring (bicyclic) bond motifs is 1. The van der Waals surface area contributed by atoms with Crippen LogP contribution in [-0.4, -0.2) is 32.9 Å². The molecular formula is C17H19NO3S. The van der Waals surface area contributed by atoms with Crippen LogP contribution in [0.3, 0.4) is 0 Å². The van der Waals surface area contributed by atoms with Gasteiger partial charge < -0.3 is 4.74 Å². The average Bonchev–Trinajstić information content (AvgIpc) is 2.78. The van der Waals surface area contributed by atoms with Gasteiger partial charge in [0.25, 0.3) is 0 Å². The monoisotopic (exact) mass is 317 g/mol. The predicted molar refractivity (Wildman–Crippen MR) is 85.6 cm³/mol. The smallest absolute Gasteiger partial charge is 0.243 e. The number of sulfonamides is 1. The fraction of sp³-hybridized carbons (Fsp3) is 0.294. The molecule has 0 aliphatic carbocycles. The Labute approximate surface area is 131 Å². The predicted octanol–water partition coefficient (Wildman–Crippen LogP) is 2.48. The number of hydrogen-bond acceptors (Lipinski definition) is 3. The molecule has 0 N–H and O–H groups in total. The largest absolute Gasteiger partial charge is 0.496 e. The van der Waals surface area contributed by atoms with Gasteiger partial charge in [0.15, 0.2) is 0 Å². The molecule has 0 fully saturated rings. The third-order valence-electron chi connectivity index (χ3n) is 4.07. The van der Waals surface area contributed by atoms with Crippen molar-refractivity contribution in [2.45, 2.75) is 17.7 Å². The molecule has 0 atom stereocenters. The quantitative estimate of drug-likeness (QED) is 0.874. The van der Waals surface area contributed by atoms with Crippen LogP contribution in [-0.2, 0) is 22.9 Å². The lowest BCUT2D eigenvalue weighted by atomic mass is 10.0. The van der Waals surface area contributed by atoms with Crippen molar-refractivity contribution in [2.75, 3.05) is 20.2 Å². The van der Waals surface area contributed by atoms with Gasteiger partial charge in [-0.25, -0.2) is 8.42 Å². The first-order valence-corrected chi connectivity index (χ1v) is 8.77. The van der Waals surface area contributed by atoms with Crippen LogP contribution in [0.5, 0.6) is 5.75 Å². The zero-order valence-corrected chi connectivity index (χ0v) is 13.3. The maximum Gasteiger partial charge on any atom is 0.243 e. The number of ether oxygens (including phenoxy) is 1. The van der Waals surface area contributed by atoms with Crippen LogP contribution in [0.25, 0.3) is 0 Å². The first-order valence-electron chi connectivity index (χ1n) is 7.33. The molecule has 0 saturated heterocycles. The van der Waals surface area contributed by atoms with Crippen molar-refractivity contribution in [3.8, 4) is 5.75 Å². The van der Waals surface area contributed by atoms with Crippen LogP contribution in [0.4, 0.5) is 0 Å². The summed E-state index contributed by atoms with van der Waals surface area (Å²) in [4.78, 5) is 0.355. The van der Waals surface area contributed by atoms with E-state index in [1.165, 1.54) is 5.56 Å². The van der Waals surface area contributed by atoms with E-state index in [4.69, 9.17) is 4.74 Å². The summed E-state index contributed by atoms with van der Waals surface area (Å²) in [6.07, 6.45) is 1.38. The molecule has 0 amide bonds.